The minimum Gasteiger partial charge on any atom is -0.393 e. The van der Waals surface area contributed by atoms with Crippen LogP contribution < -0.4 is 0 Å². The number of aliphatic hydroxyl groups is 1. The number of rotatable bonds is 5. The summed E-state index contributed by atoms with van der Waals surface area (Å²) in [4.78, 5) is 0. The van der Waals surface area contributed by atoms with Gasteiger partial charge in [0.2, 0.25) is 0 Å². The van der Waals surface area contributed by atoms with Crippen molar-refractivity contribution in [3.63, 3.8) is 0 Å². The van der Waals surface area contributed by atoms with Crippen molar-refractivity contribution in [2.75, 3.05) is 6.61 Å². The molecule has 0 aromatic carbocycles. The summed E-state index contributed by atoms with van der Waals surface area (Å²) < 4.78 is 5.55. The Morgan fingerprint density at radius 2 is 2.29 bits per heavy atom. The van der Waals surface area contributed by atoms with Gasteiger partial charge in [-0.1, -0.05) is 6.92 Å². The van der Waals surface area contributed by atoms with Crippen LogP contribution in [-0.2, 0) is 4.74 Å². The number of hydrogen-bond donors (Lipinski definition) is 1. The van der Waals surface area contributed by atoms with Crippen LogP contribution in [0.4, 0.5) is 0 Å². The molecule has 1 saturated carbocycles. The topological polar surface area (TPSA) is 29.5 Å². The summed E-state index contributed by atoms with van der Waals surface area (Å²) >= 11 is 0. The van der Waals surface area contributed by atoms with Gasteiger partial charge in [0.25, 0.3) is 0 Å². The summed E-state index contributed by atoms with van der Waals surface area (Å²) in [6.45, 7) is 3.18. The molecule has 4 atom stereocenters. The maximum absolute atomic E-state index is 9.79. The van der Waals surface area contributed by atoms with Crippen LogP contribution in [0.25, 0.3) is 0 Å². The normalized spacial score (nSPS) is 38.6. The van der Waals surface area contributed by atoms with Gasteiger partial charge in [0.1, 0.15) is 0 Å². The molecule has 0 amide bonds. The molecule has 0 bridgehead atoms. The number of hydrogen-bond acceptors (Lipinski definition) is 2. The molecule has 2 aliphatic rings. The van der Waals surface area contributed by atoms with E-state index in [-0.39, 0.29) is 6.10 Å². The van der Waals surface area contributed by atoms with Gasteiger partial charge in [0, 0.05) is 6.61 Å². The molecule has 2 fully saturated rings. The standard InChI is InChI=1S/C12H22O2/c1-9-8-11(9)12(13)6-2-4-10-5-3-7-14-10/h9-13H,2-8H2,1H3. The Hall–Kier alpha value is -0.0800. The Morgan fingerprint density at radius 1 is 1.50 bits per heavy atom. The molecule has 2 nitrogen and oxygen atoms in total. The molecule has 0 aromatic heterocycles. The van der Waals surface area contributed by atoms with E-state index < -0.39 is 0 Å². The van der Waals surface area contributed by atoms with Gasteiger partial charge in [-0.3, -0.25) is 0 Å². The van der Waals surface area contributed by atoms with Crippen LogP contribution in [0.5, 0.6) is 0 Å². The minimum atomic E-state index is -0.0357. The van der Waals surface area contributed by atoms with Gasteiger partial charge in [-0.25, -0.2) is 0 Å². The lowest BCUT2D eigenvalue weighted by Gasteiger charge is -2.12. The van der Waals surface area contributed by atoms with Gasteiger partial charge in [-0.15, -0.1) is 0 Å². The van der Waals surface area contributed by atoms with E-state index >= 15 is 0 Å². The minimum absolute atomic E-state index is 0.0357. The second-order valence-electron chi connectivity index (χ2n) is 5.01. The first-order chi connectivity index (χ1) is 6.77. The van der Waals surface area contributed by atoms with Gasteiger partial charge in [-0.2, -0.15) is 0 Å². The summed E-state index contributed by atoms with van der Waals surface area (Å²) in [7, 11) is 0. The summed E-state index contributed by atoms with van der Waals surface area (Å²) in [6, 6.07) is 0. The van der Waals surface area contributed by atoms with Crippen LogP contribution in [0.1, 0.15) is 45.4 Å². The highest BCUT2D eigenvalue weighted by Gasteiger charge is 2.38. The van der Waals surface area contributed by atoms with Crippen molar-refractivity contribution in [1.29, 1.82) is 0 Å². The molecule has 82 valence electrons. The highest BCUT2D eigenvalue weighted by molar-refractivity contribution is 4.88. The zero-order valence-corrected chi connectivity index (χ0v) is 9.11. The highest BCUT2D eigenvalue weighted by Crippen LogP contribution is 2.41. The summed E-state index contributed by atoms with van der Waals surface area (Å²) in [5.41, 5.74) is 0. The maximum atomic E-state index is 9.79. The zero-order chi connectivity index (χ0) is 9.97. The summed E-state index contributed by atoms with van der Waals surface area (Å²) in [6.07, 6.45) is 7.43. The van der Waals surface area contributed by atoms with E-state index in [2.05, 4.69) is 6.92 Å². The lowest BCUT2D eigenvalue weighted by atomic mass is 10.0. The Labute approximate surface area is 86.6 Å². The quantitative estimate of drug-likeness (QED) is 0.735. The van der Waals surface area contributed by atoms with Crippen molar-refractivity contribution in [3.8, 4) is 0 Å². The average molecular weight is 198 g/mol. The zero-order valence-electron chi connectivity index (χ0n) is 9.11. The van der Waals surface area contributed by atoms with E-state index in [0.717, 1.165) is 31.8 Å². The fourth-order valence-electron chi connectivity index (χ4n) is 2.53. The molecule has 14 heavy (non-hydrogen) atoms. The first kappa shape index (κ1) is 10.4. The molecule has 0 radical (unpaired) electrons. The molecule has 4 unspecified atom stereocenters. The second-order valence-corrected chi connectivity index (χ2v) is 5.01. The van der Waals surface area contributed by atoms with Crippen LogP contribution >= 0.6 is 0 Å². The second kappa shape index (κ2) is 4.63. The van der Waals surface area contributed by atoms with Crippen molar-refractivity contribution in [1.82, 2.24) is 0 Å². The summed E-state index contributed by atoms with van der Waals surface area (Å²) in [5, 5.41) is 9.79. The fourth-order valence-corrected chi connectivity index (χ4v) is 2.53. The van der Waals surface area contributed by atoms with Crippen LogP contribution in [0, 0.1) is 11.8 Å². The van der Waals surface area contributed by atoms with Crippen molar-refractivity contribution in [3.05, 3.63) is 0 Å². The smallest absolute Gasteiger partial charge is 0.0576 e. The molecule has 2 heteroatoms. The van der Waals surface area contributed by atoms with Crippen LogP contribution in [0.2, 0.25) is 0 Å². The number of aliphatic hydroxyl groups excluding tert-OH is 1. The van der Waals surface area contributed by atoms with E-state index in [4.69, 9.17) is 4.74 Å². The van der Waals surface area contributed by atoms with Crippen molar-refractivity contribution in [2.45, 2.75) is 57.7 Å². The number of ether oxygens (including phenoxy) is 1. The SMILES string of the molecule is CC1CC1C(O)CCCC1CCCO1. The molecule has 1 aliphatic carbocycles. The lowest BCUT2D eigenvalue weighted by molar-refractivity contribution is 0.0900. The first-order valence-electron chi connectivity index (χ1n) is 6.07. The van der Waals surface area contributed by atoms with Crippen molar-refractivity contribution >= 4 is 0 Å². The molecular weight excluding hydrogens is 176 g/mol. The predicted molar refractivity (Wildman–Crippen MR) is 56.1 cm³/mol. The molecule has 1 saturated heterocycles. The highest BCUT2D eigenvalue weighted by atomic mass is 16.5. The Kier molecular flexibility index (Phi) is 3.45. The van der Waals surface area contributed by atoms with Crippen LogP contribution in [0.15, 0.2) is 0 Å². The average Bonchev–Trinajstić information content (AvgIpc) is 2.68. The maximum Gasteiger partial charge on any atom is 0.0576 e. The van der Waals surface area contributed by atoms with Gasteiger partial charge in [-0.05, 0) is 50.4 Å². The van der Waals surface area contributed by atoms with Gasteiger partial charge in [0.15, 0.2) is 0 Å². The third-order valence-electron chi connectivity index (χ3n) is 3.72. The van der Waals surface area contributed by atoms with E-state index in [0.29, 0.717) is 12.0 Å². The van der Waals surface area contributed by atoms with Gasteiger partial charge < -0.3 is 9.84 Å². The van der Waals surface area contributed by atoms with E-state index in [1.165, 1.54) is 19.3 Å². The first-order valence-corrected chi connectivity index (χ1v) is 6.07. The van der Waals surface area contributed by atoms with Crippen molar-refractivity contribution < 1.29 is 9.84 Å². The van der Waals surface area contributed by atoms with E-state index in [9.17, 15) is 5.11 Å². The Bertz CT molecular complexity index is 175. The molecule has 1 aliphatic heterocycles. The largest absolute Gasteiger partial charge is 0.393 e. The fraction of sp³-hybridized carbons (Fsp3) is 1.00. The van der Waals surface area contributed by atoms with Gasteiger partial charge >= 0.3 is 0 Å². The molecule has 1 heterocycles. The Balaban J connectivity index is 1.53. The van der Waals surface area contributed by atoms with Crippen LogP contribution in [-0.4, -0.2) is 23.9 Å². The third-order valence-corrected chi connectivity index (χ3v) is 3.72. The molecular formula is C12H22O2. The Morgan fingerprint density at radius 3 is 2.86 bits per heavy atom. The van der Waals surface area contributed by atoms with E-state index in [1.807, 2.05) is 0 Å². The monoisotopic (exact) mass is 198 g/mol. The van der Waals surface area contributed by atoms with Crippen molar-refractivity contribution in [2.24, 2.45) is 11.8 Å². The lowest BCUT2D eigenvalue weighted by Crippen LogP contribution is -2.12. The predicted octanol–water partition coefficient (Wildman–Crippen LogP) is 2.35. The molecule has 1 N–H and O–H groups in total. The van der Waals surface area contributed by atoms with E-state index in [1.54, 1.807) is 0 Å². The van der Waals surface area contributed by atoms with Gasteiger partial charge in [0.05, 0.1) is 12.2 Å². The third kappa shape index (κ3) is 2.71. The molecule has 0 aromatic rings. The summed E-state index contributed by atoms with van der Waals surface area (Å²) in [5.74, 6) is 1.38. The van der Waals surface area contributed by atoms with Crippen LogP contribution in [0.3, 0.4) is 0 Å². The molecule has 2 rings (SSSR count). The molecule has 0 spiro atoms.